The second-order valence-corrected chi connectivity index (χ2v) is 7.10. The lowest BCUT2D eigenvalue weighted by Crippen LogP contribution is -2.23. The highest BCUT2D eigenvalue weighted by atomic mass is 35.5. The van der Waals surface area contributed by atoms with E-state index in [9.17, 15) is 4.79 Å². The van der Waals surface area contributed by atoms with Crippen molar-refractivity contribution in [1.29, 1.82) is 0 Å². The number of pyridine rings is 1. The van der Waals surface area contributed by atoms with Crippen molar-refractivity contribution in [2.24, 2.45) is 0 Å². The molecule has 1 aromatic carbocycles. The molecular formula is C16H12Cl2N4OS. The summed E-state index contributed by atoms with van der Waals surface area (Å²) in [6.07, 6.45) is 2.92. The summed E-state index contributed by atoms with van der Waals surface area (Å²) in [6.45, 7) is 1.79. The number of nitrogens with one attached hydrogen (secondary N) is 1. The average Bonchev–Trinajstić information content (AvgIpc) is 2.57. The molecule has 1 N–H and O–H groups in total. The third kappa shape index (κ3) is 3.77. The molecule has 0 aliphatic rings. The number of aromatic nitrogens is 3. The van der Waals surface area contributed by atoms with E-state index >= 15 is 0 Å². The Morgan fingerprint density at radius 1 is 1.21 bits per heavy atom. The Morgan fingerprint density at radius 3 is 2.79 bits per heavy atom. The molecule has 8 heteroatoms. The van der Waals surface area contributed by atoms with Gasteiger partial charge in [0.15, 0.2) is 5.82 Å². The molecule has 3 aromatic rings. The second-order valence-electron chi connectivity index (χ2n) is 4.93. The van der Waals surface area contributed by atoms with Crippen LogP contribution in [0, 0.1) is 0 Å². The number of thioether (sulfide) groups is 1. The third-order valence-corrected chi connectivity index (χ3v) is 4.82. The summed E-state index contributed by atoms with van der Waals surface area (Å²) in [6, 6.07) is 9.19. The van der Waals surface area contributed by atoms with Gasteiger partial charge in [0, 0.05) is 11.6 Å². The molecule has 0 saturated heterocycles. The zero-order valence-electron chi connectivity index (χ0n) is 12.5. The van der Waals surface area contributed by atoms with Crippen LogP contribution in [0.4, 0.5) is 5.82 Å². The lowest BCUT2D eigenvalue weighted by Gasteiger charge is -2.12. The van der Waals surface area contributed by atoms with Gasteiger partial charge in [-0.05, 0) is 19.1 Å². The molecule has 2 heterocycles. The van der Waals surface area contributed by atoms with E-state index in [0.29, 0.717) is 10.0 Å². The number of fused-ring (bicyclic) bond motifs is 1. The maximum Gasteiger partial charge on any atom is 0.238 e. The number of halogens is 2. The molecule has 0 radical (unpaired) electrons. The van der Waals surface area contributed by atoms with Gasteiger partial charge < -0.3 is 5.32 Å². The number of rotatable bonds is 4. The fourth-order valence-corrected chi connectivity index (χ4v) is 3.36. The van der Waals surface area contributed by atoms with Crippen LogP contribution in [0.1, 0.15) is 6.92 Å². The SMILES string of the molecule is C[C@H](Sc1ncnc2ccccc12)C(=O)Nc1ncc(Cl)cc1Cl. The minimum atomic E-state index is -0.392. The fraction of sp³-hybridized carbons (Fsp3) is 0.125. The maximum atomic E-state index is 12.4. The van der Waals surface area contributed by atoms with Crippen LogP contribution in [0.25, 0.3) is 10.9 Å². The van der Waals surface area contributed by atoms with Crippen molar-refractivity contribution < 1.29 is 4.79 Å². The van der Waals surface area contributed by atoms with Gasteiger partial charge in [0.05, 0.1) is 20.8 Å². The number of hydrogen-bond donors (Lipinski definition) is 1. The van der Waals surface area contributed by atoms with Gasteiger partial charge in [0.1, 0.15) is 11.4 Å². The number of benzene rings is 1. The predicted octanol–water partition coefficient (Wildman–Crippen LogP) is 4.45. The van der Waals surface area contributed by atoms with Crippen LogP contribution < -0.4 is 5.32 Å². The largest absolute Gasteiger partial charge is 0.308 e. The smallest absolute Gasteiger partial charge is 0.238 e. The van der Waals surface area contributed by atoms with E-state index in [4.69, 9.17) is 23.2 Å². The van der Waals surface area contributed by atoms with Crippen LogP contribution in [0.5, 0.6) is 0 Å². The molecule has 2 aromatic heterocycles. The first-order valence-electron chi connectivity index (χ1n) is 7.03. The Balaban J connectivity index is 1.76. The lowest BCUT2D eigenvalue weighted by molar-refractivity contribution is -0.115. The average molecular weight is 379 g/mol. The zero-order valence-corrected chi connectivity index (χ0v) is 14.9. The summed E-state index contributed by atoms with van der Waals surface area (Å²) in [5.74, 6) is 0.0606. The standard InChI is InChI=1S/C16H12Cl2N4OS/c1-9(15(23)22-14-12(18)6-10(17)7-19-14)24-16-11-4-2-3-5-13(11)20-8-21-16/h2-9H,1H3,(H,19,22,23)/t9-/m0/s1. The molecule has 3 rings (SSSR count). The number of amides is 1. The number of anilines is 1. The van der Waals surface area contributed by atoms with E-state index < -0.39 is 5.25 Å². The summed E-state index contributed by atoms with van der Waals surface area (Å²) in [5.41, 5.74) is 0.838. The van der Waals surface area contributed by atoms with E-state index in [1.165, 1.54) is 30.4 Å². The molecule has 1 amide bonds. The number of hydrogen-bond acceptors (Lipinski definition) is 5. The number of carbonyl (C=O) groups is 1. The lowest BCUT2D eigenvalue weighted by atomic mass is 10.2. The first-order chi connectivity index (χ1) is 11.5. The van der Waals surface area contributed by atoms with E-state index in [1.807, 2.05) is 24.3 Å². The monoisotopic (exact) mass is 378 g/mol. The molecule has 0 saturated carbocycles. The number of nitrogens with zero attached hydrogens (tertiary/aromatic N) is 3. The minimum Gasteiger partial charge on any atom is -0.308 e. The van der Waals surface area contributed by atoms with Gasteiger partial charge in [-0.2, -0.15) is 0 Å². The Bertz CT molecular complexity index is 901. The first kappa shape index (κ1) is 17.0. The number of carbonyl (C=O) groups excluding carboxylic acids is 1. The van der Waals surface area contributed by atoms with Crippen molar-refractivity contribution in [3.05, 3.63) is 52.9 Å². The van der Waals surface area contributed by atoms with Crippen LogP contribution in [0.3, 0.4) is 0 Å². The molecule has 24 heavy (non-hydrogen) atoms. The second kappa shape index (κ2) is 7.34. The molecule has 0 spiro atoms. The molecular weight excluding hydrogens is 367 g/mol. The van der Waals surface area contributed by atoms with E-state index in [0.717, 1.165) is 15.9 Å². The highest BCUT2D eigenvalue weighted by Gasteiger charge is 2.18. The van der Waals surface area contributed by atoms with Crippen molar-refractivity contribution >= 4 is 57.6 Å². The topological polar surface area (TPSA) is 67.8 Å². The molecule has 0 aliphatic carbocycles. The van der Waals surface area contributed by atoms with Crippen LogP contribution in [0.15, 0.2) is 47.9 Å². The molecule has 122 valence electrons. The third-order valence-electron chi connectivity index (χ3n) is 3.21. The predicted molar refractivity (Wildman–Crippen MR) is 97.7 cm³/mol. The molecule has 0 fully saturated rings. The Kier molecular flexibility index (Phi) is 5.18. The zero-order chi connectivity index (χ0) is 17.1. The van der Waals surface area contributed by atoms with Crippen molar-refractivity contribution in [3.63, 3.8) is 0 Å². The van der Waals surface area contributed by atoms with Crippen LogP contribution in [-0.4, -0.2) is 26.1 Å². The van der Waals surface area contributed by atoms with Crippen LogP contribution >= 0.6 is 35.0 Å². The summed E-state index contributed by atoms with van der Waals surface area (Å²) < 4.78 is 0. The molecule has 0 aliphatic heterocycles. The Morgan fingerprint density at radius 2 is 2.00 bits per heavy atom. The fourth-order valence-electron chi connectivity index (χ4n) is 2.02. The van der Waals surface area contributed by atoms with Gasteiger partial charge in [0.2, 0.25) is 5.91 Å². The van der Waals surface area contributed by atoms with E-state index in [-0.39, 0.29) is 11.7 Å². The van der Waals surface area contributed by atoms with Gasteiger partial charge in [-0.1, -0.05) is 53.2 Å². The first-order valence-corrected chi connectivity index (χ1v) is 8.66. The number of para-hydroxylation sites is 1. The van der Waals surface area contributed by atoms with E-state index in [1.54, 1.807) is 6.92 Å². The van der Waals surface area contributed by atoms with Gasteiger partial charge >= 0.3 is 0 Å². The van der Waals surface area contributed by atoms with Gasteiger partial charge in [0.25, 0.3) is 0 Å². The summed E-state index contributed by atoms with van der Waals surface area (Å²) in [4.78, 5) is 24.9. The Hall–Kier alpha value is -1.89. The van der Waals surface area contributed by atoms with Crippen molar-refractivity contribution in [1.82, 2.24) is 15.0 Å². The summed E-state index contributed by atoms with van der Waals surface area (Å²) >= 11 is 13.2. The van der Waals surface area contributed by atoms with Crippen molar-refractivity contribution in [3.8, 4) is 0 Å². The molecule has 5 nitrogen and oxygen atoms in total. The minimum absolute atomic E-state index is 0.223. The highest BCUT2D eigenvalue weighted by molar-refractivity contribution is 8.00. The highest BCUT2D eigenvalue weighted by Crippen LogP contribution is 2.29. The maximum absolute atomic E-state index is 12.4. The molecule has 0 bridgehead atoms. The van der Waals surface area contributed by atoms with Gasteiger partial charge in [-0.15, -0.1) is 0 Å². The van der Waals surface area contributed by atoms with Crippen molar-refractivity contribution in [2.45, 2.75) is 17.2 Å². The van der Waals surface area contributed by atoms with Gasteiger partial charge in [-0.25, -0.2) is 15.0 Å². The quantitative estimate of drug-likeness (QED) is 0.536. The molecule has 1 atom stereocenters. The van der Waals surface area contributed by atoms with Crippen LogP contribution in [0.2, 0.25) is 10.0 Å². The normalized spacial score (nSPS) is 12.1. The van der Waals surface area contributed by atoms with Crippen LogP contribution in [-0.2, 0) is 4.79 Å². The van der Waals surface area contributed by atoms with Crippen molar-refractivity contribution in [2.75, 3.05) is 5.32 Å². The Labute approximate surface area is 152 Å². The molecule has 0 unspecified atom stereocenters. The van der Waals surface area contributed by atoms with Gasteiger partial charge in [-0.3, -0.25) is 4.79 Å². The summed E-state index contributed by atoms with van der Waals surface area (Å²) in [5, 5.41) is 4.67. The van der Waals surface area contributed by atoms with E-state index in [2.05, 4.69) is 20.3 Å². The summed E-state index contributed by atoms with van der Waals surface area (Å²) in [7, 11) is 0.